The lowest BCUT2D eigenvalue weighted by Crippen LogP contribution is -2.50. The van der Waals surface area contributed by atoms with Crippen molar-refractivity contribution in [1.29, 1.82) is 0 Å². The first-order valence-corrected chi connectivity index (χ1v) is 6.06. The van der Waals surface area contributed by atoms with Crippen molar-refractivity contribution in [3.63, 3.8) is 0 Å². The molecule has 2 aliphatic rings. The molecule has 0 aliphatic carbocycles. The molecule has 1 aromatic rings. The summed E-state index contributed by atoms with van der Waals surface area (Å²) in [4.78, 5) is 20.1. The number of anilines is 2. The van der Waals surface area contributed by atoms with E-state index in [1.165, 1.54) is 0 Å². The Balaban J connectivity index is 0.00000133. The predicted molar refractivity (Wildman–Crippen MR) is 77.7 cm³/mol. The van der Waals surface area contributed by atoms with Crippen molar-refractivity contribution in [2.24, 2.45) is 0 Å². The minimum Gasteiger partial charge on any atom is -0.384 e. The fourth-order valence-corrected chi connectivity index (χ4v) is 2.38. The van der Waals surface area contributed by atoms with Crippen LogP contribution in [0.4, 0.5) is 16.3 Å². The molecule has 3 heterocycles. The van der Waals surface area contributed by atoms with Crippen molar-refractivity contribution in [3.8, 4) is 0 Å². The van der Waals surface area contributed by atoms with Crippen LogP contribution in [0.3, 0.4) is 0 Å². The number of nitrogen functional groups attached to an aromatic ring is 1. The molecule has 19 heavy (non-hydrogen) atoms. The van der Waals surface area contributed by atoms with Crippen molar-refractivity contribution in [2.45, 2.75) is 19.0 Å². The summed E-state index contributed by atoms with van der Waals surface area (Å²) in [5.74, 6) is 0.460. The molecule has 0 unspecified atom stereocenters. The smallest absolute Gasteiger partial charge is 0.325 e. The molecule has 0 bridgehead atoms. The van der Waals surface area contributed by atoms with Gasteiger partial charge in [-0.2, -0.15) is 13.5 Å². The quantitative estimate of drug-likeness (QED) is 0.871. The van der Waals surface area contributed by atoms with Crippen molar-refractivity contribution < 1.29 is 9.53 Å². The lowest BCUT2D eigenvalue weighted by Gasteiger charge is -2.34. The van der Waals surface area contributed by atoms with E-state index in [0.717, 1.165) is 12.2 Å². The third-order valence-electron chi connectivity index (χ3n) is 3.46. The van der Waals surface area contributed by atoms with Crippen LogP contribution in [0.5, 0.6) is 0 Å². The largest absolute Gasteiger partial charge is 0.384 e. The molecule has 2 aliphatic heterocycles. The fourth-order valence-electron chi connectivity index (χ4n) is 2.38. The van der Waals surface area contributed by atoms with Crippen LogP contribution in [0, 0.1) is 0 Å². The number of aromatic nitrogens is 1. The van der Waals surface area contributed by atoms with Gasteiger partial charge in [-0.15, -0.1) is 0 Å². The van der Waals surface area contributed by atoms with Gasteiger partial charge < -0.3 is 15.4 Å². The van der Waals surface area contributed by atoms with E-state index in [9.17, 15) is 4.79 Å². The molecule has 7 heteroatoms. The summed E-state index contributed by atoms with van der Waals surface area (Å²) in [6.45, 7) is 4.06. The van der Waals surface area contributed by atoms with Gasteiger partial charge in [-0.05, 0) is 19.1 Å². The highest BCUT2D eigenvalue weighted by atomic mass is 32.1. The summed E-state index contributed by atoms with van der Waals surface area (Å²) in [5.41, 5.74) is 6.36. The number of ether oxygens (including phenoxy) is 1. The monoisotopic (exact) mass is 282 g/mol. The second kappa shape index (κ2) is 5.26. The minimum absolute atomic E-state index is 0. The second-order valence-electron chi connectivity index (χ2n) is 4.79. The first-order valence-electron chi connectivity index (χ1n) is 6.06. The summed E-state index contributed by atoms with van der Waals surface area (Å²) < 4.78 is 5.15. The zero-order chi connectivity index (χ0) is 12.7. The highest BCUT2D eigenvalue weighted by molar-refractivity contribution is 7.59. The van der Waals surface area contributed by atoms with E-state index in [-0.39, 0.29) is 31.6 Å². The number of carbonyl (C=O) groups excluding carboxylic acids is 1. The molecule has 0 radical (unpaired) electrons. The van der Waals surface area contributed by atoms with Gasteiger partial charge in [0.25, 0.3) is 0 Å². The lowest BCUT2D eigenvalue weighted by atomic mass is 10.2. The number of pyridine rings is 1. The second-order valence-corrected chi connectivity index (χ2v) is 4.79. The number of hydrogen-bond donors (Lipinski definition) is 1. The Morgan fingerprint density at radius 1 is 1.42 bits per heavy atom. The summed E-state index contributed by atoms with van der Waals surface area (Å²) in [5, 5.41) is 0. The van der Waals surface area contributed by atoms with E-state index in [1.54, 1.807) is 17.2 Å². The number of nitrogens with two attached hydrogens (primary N) is 1. The van der Waals surface area contributed by atoms with Gasteiger partial charge in [0.1, 0.15) is 5.82 Å². The molecule has 0 spiro atoms. The first-order chi connectivity index (χ1) is 8.66. The molecule has 1 atom stereocenters. The molecule has 3 rings (SSSR count). The van der Waals surface area contributed by atoms with Crippen molar-refractivity contribution >= 4 is 31.0 Å². The Bertz CT molecular complexity index is 463. The zero-order valence-electron chi connectivity index (χ0n) is 10.7. The average Bonchev–Trinajstić information content (AvgIpc) is 2.55. The number of carbonyl (C=O) groups is 1. The van der Waals surface area contributed by atoms with Gasteiger partial charge in [0.2, 0.25) is 0 Å². The number of nitrogens with zero attached hydrogens (tertiary/aromatic N) is 3. The number of rotatable bonds is 2. The van der Waals surface area contributed by atoms with E-state index in [4.69, 9.17) is 10.5 Å². The Hall–Kier alpha value is -1.47. The average molecular weight is 282 g/mol. The maximum Gasteiger partial charge on any atom is 0.325 e. The van der Waals surface area contributed by atoms with Gasteiger partial charge >= 0.3 is 6.03 Å². The lowest BCUT2D eigenvalue weighted by molar-refractivity contribution is -0.0441. The Kier molecular flexibility index (Phi) is 3.86. The van der Waals surface area contributed by atoms with Gasteiger partial charge in [0, 0.05) is 6.54 Å². The SMILES string of the molecule is C[C@H]1CN(C2COC2)C(=O)N1c1ccc(N)nc1.S. The third kappa shape index (κ3) is 2.35. The van der Waals surface area contributed by atoms with Crippen LogP contribution < -0.4 is 10.6 Å². The highest BCUT2D eigenvalue weighted by Gasteiger charge is 2.41. The predicted octanol–water partition coefficient (Wildman–Crippen LogP) is 0.806. The Labute approximate surface area is 119 Å². The van der Waals surface area contributed by atoms with E-state index < -0.39 is 0 Å². The zero-order valence-corrected chi connectivity index (χ0v) is 11.7. The molecular weight excluding hydrogens is 264 g/mol. The summed E-state index contributed by atoms with van der Waals surface area (Å²) >= 11 is 0. The van der Waals surface area contributed by atoms with Crippen molar-refractivity contribution in [2.75, 3.05) is 30.4 Å². The summed E-state index contributed by atoms with van der Waals surface area (Å²) in [6.07, 6.45) is 1.64. The van der Waals surface area contributed by atoms with Crippen LogP contribution >= 0.6 is 13.5 Å². The number of urea groups is 1. The molecule has 0 saturated carbocycles. The Morgan fingerprint density at radius 3 is 2.68 bits per heavy atom. The topological polar surface area (TPSA) is 71.7 Å². The minimum atomic E-state index is 0. The number of amides is 2. The van der Waals surface area contributed by atoms with Gasteiger partial charge in [-0.1, -0.05) is 0 Å². The molecular formula is C12H18N4O2S. The normalized spacial score (nSPS) is 23.2. The van der Waals surface area contributed by atoms with Crippen LogP contribution in [0.2, 0.25) is 0 Å². The molecule has 6 nitrogen and oxygen atoms in total. The molecule has 104 valence electrons. The maximum atomic E-state index is 12.4. The van der Waals surface area contributed by atoms with Gasteiger partial charge in [0.15, 0.2) is 0 Å². The molecule has 2 N–H and O–H groups in total. The van der Waals surface area contributed by atoms with Gasteiger partial charge in [-0.25, -0.2) is 9.78 Å². The number of hydrogen-bond acceptors (Lipinski definition) is 4. The highest BCUT2D eigenvalue weighted by Crippen LogP contribution is 2.27. The molecule has 2 fully saturated rings. The Morgan fingerprint density at radius 2 is 2.16 bits per heavy atom. The standard InChI is InChI=1S/C12H16N4O2.H2S/c1-8-5-15(10-6-18-7-10)12(17)16(8)9-2-3-11(13)14-4-9;/h2-4,8,10H,5-7H2,1H3,(H2,13,14);1H2/t8-;/m0./s1. The summed E-state index contributed by atoms with van der Waals surface area (Å²) in [7, 11) is 0. The van der Waals surface area contributed by atoms with Crippen molar-refractivity contribution in [1.82, 2.24) is 9.88 Å². The van der Waals surface area contributed by atoms with Crippen LogP contribution in [-0.4, -0.2) is 47.8 Å². The van der Waals surface area contributed by atoms with E-state index >= 15 is 0 Å². The van der Waals surface area contributed by atoms with E-state index in [0.29, 0.717) is 19.0 Å². The molecule has 2 amide bonds. The van der Waals surface area contributed by atoms with Crippen LogP contribution in [-0.2, 0) is 4.74 Å². The van der Waals surface area contributed by atoms with Crippen LogP contribution in [0.1, 0.15) is 6.92 Å². The summed E-state index contributed by atoms with van der Waals surface area (Å²) in [6, 6.07) is 3.94. The van der Waals surface area contributed by atoms with E-state index in [2.05, 4.69) is 4.98 Å². The maximum absolute atomic E-state index is 12.4. The molecule has 2 saturated heterocycles. The molecule has 0 aromatic carbocycles. The molecule has 1 aromatic heterocycles. The van der Waals surface area contributed by atoms with Gasteiger partial charge in [-0.3, -0.25) is 4.90 Å². The first kappa shape index (κ1) is 14.0. The van der Waals surface area contributed by atoms with E-state index in [1.807, 2.05) is 17.9 Å². The third-order valence-corrected chi connectivity index (χ3v) is 3.46. The van der Waals surface area contributed by atoms with Crippen LogP contribution in [0.25, 0.3) is 0 Å². The van der Waals surface area contributed by atoms with Crippen LogP contribution in [0.15, 0.2) is 18.3 Å². The van der Waals surface area contributed by atoms with Crippen molar-refractivity contribution in [3.05, 3.63) is 18.3 Å². The van der Waals surface area contributed by atoms with Gasteiger partial charge in [0.05, 0.1) is 37.2 Å². The fraction of sp³-hybridized carbons (Fsp3) is 0.500.